The molecule has 0 aliphatic heterocycles. The quantitative estimate of drug-likeness (QED) is 0.881. The highest BCUT2D eigenvalue weighted by Gasteiger charge is 2.03. The van der Waals surface area contributed by atoms with Gasteiger partial charge in [0.05, 0.1) is 18.6 Å². The predicted octanol–water partition coefficient (Wildman–Crippen LogP) is 3.72. The van der Waals surface area contributed by atoms with Crippen LogP contribution < -0.4 is 10.1 Å². The van der Waals surface area contributed by atoms with Gasteiger partial charge in [-0.15, -0.1) is 0 Å². The summed E-state index contributed by atoms with van der Waals surface area (Å²) in [5, 5.41) is 12.4. The zero-order valence-electron chi connectivity index (χ0n) is 10.9. The SMILES string of the molecule is COc1ccc(Nc2ccc(CC(=O)O)cc2)cc1Cl. The van der Waals surface area contributed by atoms with Crippen LogP contribution in [-0.2, 0) is 11.2 Å². The van der Waals surface area contributed by atoms with Crippen molar-refractivity contribution in [2.24, 2.45) is 0 Å². The second-order valence-electron chi connectivity index (χ2n) is 4.24. The molecule has 0 aliphatic carbocycles. The molecule has 2 aromatic carbocycles. The molecule has 20 heavy (non-hydrogen) atoms. The molecule has 0 heterocycles. The van der Waals surface area contributed by atoms with E-state index in [-0.39, 0.29) is 6.42 Å². The number of carboxylic acid groups (broad SMARTS) is 1. The smallest absolute Gasteiger partial charge is 0.307 e. The Bertz CT molecular complexity index is 611. The van der Waals surface area contributed by atoms with Crippen LogP contribution in [0.25, 0.3) is 0 Å². The number of hydrogen-bond donors (Lipinski definition) is 2. The second-order valence-corrected chi connectivity index (χ2v) is 4.65. The first kappa shape index (κ1) is 14.2. The van der Waals surface area contributed by atoms with Crippen LogP contribution in [0.1, 0.15) is 5.56 Å². The Hall–Kier alpha value is -2.20. The highest BCUT2D eigenvalue weighted by Crippen LogP contribution is 2.28. The van der Waals surface area contributed by atoms with Gasteiger partial charge in [-0.2, -0.15) is 0 Å². The van der Waals surface area contributed by atoms with E-state index in [1.165, 1.54) is 0 Å². The van der Waals surface area contributed by atoms with Gasteiger partial charge in [0.25, 0.3) is 0 Å². The number of ether oxygens (including phenoxy) is 1. The molecule has 0 bridgehead atoms. The fraction of sp³-hybridized carbons (Fsp3) is 0.133. The molecule has 0 spiro atoms. The first-order chi connectivity index (χ1) is 9.58. The van der Waals surface area contributed by atoms with Gasteiger partial charge < -0.3 is 15.2 Å². The van der Waals surface area contributed by atoms with E-state index < -0.39 is 5.97 Å². The Morgan fingerprint density at radius 2 is 1.85 bits per heavy atom. The molecule has 4 nitrogen and oxygen atoms in total. The summed E-state index contributed by atoms with van der Waals surface area (Å²) in [6.45, 7) is 0. The van der Waals surface area contributed by atoms with Gasteiger partial charge in [-0.25, -0.2) is 0 Å². The summed E-state index contributed by atoms with van der Waals surface area (Å²) in [4.78, 5) is 10.6. The third-order valence-electron chi connectivity index (χ3n) is 2.75. The van der Waals surface area contributed by atoms with Gasteiger partial charge in [-0.05, 0) is 35.9 Å². The second kappa shape index (κ2) is 6.30. The average molecular weight is 292 g/mol. The lowest BCUT2D eigenvalue weighted by Crippen LogP contribution is -2.00. The minimum Gasteiger partial charge on any atom is -0.495 e. The van der Waals surface area contributed by atoms with Crippen LogP contribution in [0.4, 0.5) is 11.4 Å². The van der Waals surface area contributed by atoms with Crippen molar-refractivity contribution in [2.45, 2.75) is 6.42 Å². The molecule has 0 radical (unpaired) electrons. The predicted molar refractivity (Wildman–Crippen MR) is 79.1 cm³/mol. The number of rotatable bonds is 5. The third kappa shape index (κ3) is 3.65. The summed E-state index contributed by atoms with van der Waals surface area (Å²) < 4.78 is 5.09. The van der Waals surface area contributed by atoms with Gasteiger partial charge in [0, 0.05) is 11.4 Å². The van der Waals surface area contributed by atoms with Crippen molar-refractivity contribution in [3.05, 3.63) is 53.1 Å². The summed E-state index contributed by atoms with van der Waals surface area (Å²) >= 11 is 6.05. The van der Waals surface area contributed by atoms with Gasteiger partial charge >= 0.3 is 5.97 Å². The van der Waals surface area contributed by atoms with E-state index in [2.05, 4.69) is 5.32 Å². The Morgan fingerprint density at radius 3 is 2.40 bits per heavy atom. The van der Waals surface area contributed by atoms with Gasteiger partial charge in [0.15, 0.2) is 0 Å². The molecular weight excluding hydrogens is 278 g/mol. The third-order valence-corrected chi connectivity index (χ3v) is 3.05. The fourth-order valence-electron chi connectivity index (χ4n) is 1.79. The Labute approximate surface area is 122 Å². The number of carboxylic acids is 1. The van der Waals surface area contributed by atoms with Crippen LogP contribution in [0.5, 0.6) is 5.75 Å². The van der Waals surface area contributed by atoms with Crippen LogP contribution in [0.15, 0.2) is 42.5 Å². The molecule has 0 amide bonds. The van der Waals surface area contributed by atoms with E-state index in [0.29, 0.717) is 10.8 Å². The number of methoxy groups -OCH3 is 1. The average Bonchev–Trinajstić information content (AvgIpc) is 2.41. The maximum atomic E-state index is 10.6. The molecule has 0 aliphatic rings. The van der Waals surface area contributed by atoms with E-state index in [1.807, 2.05) is 18.2 Å². The zero-order chi connectivity index (χ0) is 14.5. The first-order valence-corrected chi connectivity index (χ1v) is 6.37. The van der Waals surface area contributed by atoms with Gasteiger partial charge in [0.2, 0.25) is 0 Å². The number of aliphatic carboxylic acids is 1. The molecule has 0 fully saturated rings. The van der Waals surface area contributed by atoms with E-state index in [4.69, 9.17) is 21.4 Å². The summed E-state index contributed by atoms with van der Waals surface area (Å²) in [5.74, 6) is -0.221. The molecule has 0 saturated heterocycles. The van der Waals surface area contributed by atoms with Gasteiger partial charge in [-0.1, -0.05) is 23.7 Å². The van der Waals surface area contributed by atoms with Crippen LogP contribution >= 0.6 is 11.6 Å². The van der Waals surface area contributed by atoms with E-state index in [9.17, 15) is 4.79 Å². The lowest BCUT2D eigenvalue weighted by atomic mass is 10.1. The van der Waals surface area contributed by atoms with E-state index in [0.717, 1.165) is 16.9 Å². The summed E-state index contributed by atoms with van der Waals surface area (Å²) in [6, 6.07) is 12.6. The van der Waals surface area contributed by atoms with Crippen molar-refractivity contribution in [1.82, 2.24) is 0 Å². The lowest BCUT2D eigenvalue weighted by molar-refractivity contribution is -0.136. The highest BCUT2D eigenvalue weighted by molar-refractivity contribution is 6.32. The monoisotopic (exact) mass is 291 g/mol. The van der Waals surface area contributed by atoms with Crippen molar-refractivity contribution in [1.29, 1.82) is 0 Å². The van der Waals surface area contributed by atoms with Gasteiger partial charge in [-0.3, -0.25) is 4.79 Å². The lowest BCUT2D eigenvalue weighted by Gasteiger charge is -2.09. The van der Waals surface area contributed by atoms with Crippen molar-refractivity contribution in [3.63, 3.8) is 0 Å². The van der Waals surface area contributed by atoms with Crippen LogP contribution in [0.2, 0.25) is 5.02 Å². The van der Waals surface area contributed by atoms with Crippen LogP contribution in [0, 0.1) is 0 Å². The van der Waals surface area contributed by atoms with Crippen molar-refractivity contribution < 1.29 is 14.6 Å². The number of nitrogens with one attached hydrogen (secondary N) is 1. The van der Waals surface area contributed by atoms with Crippen molar-refractivity contribution >= 4 is 28.9 Å². The number of hydrogen-bond acceptors (Lipinski definition) is 3. The highest BCUT2D eigenvalue weighted by atomic mass is 35.5. The van der Waals surface area contributed by atoms with Crippen molar-refractivity contribution in [2.75, 3.05) is 12.4 Å². The number of halogens is 1. The number of anilines is 2. The minimum atomic E-state index is -0.840. The van der Waals surface area contributed by atoms with Crippen LogP contribution in [0.3, 0.4) is 0 Å². The molecule has 5 heteroatoms. The number of carbonyl (C=O) groups is 1. The maximum Gasteiger partial charge on any atom is 0.307 e. The van der Waals surface area contributed by atoms with Crippen LogP contribution in [-0.4, -0.2) is 18.2 Å². The molecular formula is C15H14ClNO3. The zero-order valence-corrected chi connectivity index (χ0v) is 11.6. The Morgan fingerprint density at radius 1 is 1.20 bits per heavy atom. The minimum absolute atomic E-state index is 0.0225. The number of benzene rings is 2. The molecule has 2 aromatic rings. The molecule has 0 aromatic heterocycles. The Balaban J connectivity index is 2.10. The largest absolute Gasteiger partial charge is 0.495 e. The molecule has 0 atom stereocenters. The Kier molecular flexibility index (Phi) is 4.48. The molecule has 2 N–H and O–H groups in total. The topological polar surface area (TPSA) is 58.6 Å². The summed E-state index contributed by atoms with van der Waals surface area (Å²) in [5.41, 5.74) is 2.46. The first-order valence-electron chi connectivity index (χ1n) is 6.00. The van der Waals surface area contributed by atoms with E-state index >= 15 is 0 Å². The normalized spacial score (nSPS) is 10.1. The molecule has 0 saturated carbocycles. The molecule has 0 unspecified atom stereocenters. The fourth-order valence-corrected chi connectivity index (χ4v) is 2.05. The van der Waals surface area contributed by atoms with E-state index in [1.54, 1.807) is 31.4 Å². The summed E-state index contributed by atoms with van der Waals surface area (Å²) in [6.07, 6.45) is 0.0225. The summed E-state index contributed by atoms with van der Waals surface area (Å²) in [7, 11) is 1.56. The molecule has 104 valence electrons. The van der Waals surface area contributed by atoms with Crippen molar-refractivity contribution in [3.8, 4) is 5.75 Å². The standard InChI is InChI=1S/C15H14ClNO3/c1-20-14-7-6-12(9-13(14)16)17-11-4-2-10(3-5-11)8-15(18)19/h2-7,9,17H,8H2,1H3,(H,18,19). The molecule has 2 rings (SSSR count). The van der Waals surface area contributed by atoms with Gasteiger partial charge in [0.1, 0.15) is 5.75 Å². The maximum absolute atomic E-state index is 10.6.